The van der Waals surface area contributed by atoms with Crippen LogP contribution in [0.1, 0.15) is 20.3 Å². The fourth-order valence-electron chi connectivity index (χ4n) is 1.66. The van der Waals surface area contributed by atoms with E-state index < -0.39 is 11.9 Å². The van der Waals surface area contributed by atoms with Gasteiger partial charge >= 0.3 is 5.97 Å². The first-order chi connectivity index (χ1) is 9.04. The average Bonchev–Trinajstić information content (AvgIpc) is 2.38. The number of esters is 1. The molecule has 1 unspecified atom stereocenters. The van der Waals surface area contributed by atoms with E-state index in [9.17, 15) is 9.18 Å². The van der Waals surface area contributed by atoms with Crippen LogP contribution >= 0.6 is 0 Å². The van der Waals surface area contributed by atoms with Crippen molar-refractivity contribution in [1.82, 2.24) is 5.32 Å². The maximum absolute atomic E-state index is 13.3. The number of halogens is 1. The van der Waals surface area contributed by atoms with Gasteiger partial charge < -0.3 is 14.8 Å². The third-order valence-corrected chi connectivity index (χ3v) is 2.52. The third kappa shape index (κ3) is 5.26. The molecular weight excluding hydrogens is 249 g/mol. The van der Waals surface area contributed by atoms with E-state index in [4.69, 9.17) is 9.47 Å². The highest BCUT2D eigenvalue weighted by molar-refractivity contribution is 5.75. The summed E-state index contributed by atoms with van der Waals surface area (Å²) in [6.07, 6.45) is 0.416. The Morgan fingerprint density at radius 2 is 2.05 bits per heavy atom. The van der Waals surface area contributed by atoms with Crippen molar-refractivity contribution < 1.29 is 18.7 Å². The SMILES string of the molecule is COC(=O)C(CCOc1ccccc1F)NC(C)C. The molecule has 19 heavy (non-hydrogen) atoms. The van der Waals surface area contributed by atoms with Gasteiger partial charge in [0.1, 0.15) is 6.04 Å². The summed E-state index contributed by atoms with van der Waals surface area (Å²) in [5.41, 5.74) is 0. The lowest BCUT2D eigenvalue weighted by Gasteiger charge is -2.19. The Hall–Kier alpha value is -1.62. The molecule has 0 heterocycles. The van der Waals surface area contributed by atoms with Gasteiger partial charge in [-0.15, -0.1) is 0 Å². The van der Waals surface area contributed by atoms with Gasteiger partial charge in [-0.3, -0.25) is 4.79 Å². The summed E-state index contributed by atoms with van der Waals surface area (Å²) in [6, 6.07) is 5.88. The van der Waals surface area contributed by atoms with E-state index in [1.165, 1.54) is 13.2 Å². The summed E-state index contributed by atoms with van der Waals surface area (Å²) in [7, 11) is 1.34. The summed E-state index contributed by atoms with van der Waals surface area (Å²) in [5, 5.41) is 3.08. The highest BCUT2D eigenvalue weighted by Crippen LogP contribution is 2.15. The lowest BCUT2D eigenvalue weighted by Crippen LogP contribution is -2.42. The maximum atomic E-state index is 13.3. The van der Waals surface area contributed by atoms with Crippen LogP contribution in [0.25, 0.3) is 0 Å². The molecule has 0 radical (unpaired) electrons. The molecular formula is C14H20FNO3. The molecule has 1 atom stereocenters. The maximum Gasteiger partial charge on any atom is 0.322 e. The normalized spacial score (nSPS) is 12.3. The van der Waals surface area contributed by atoms with Crippen LogP contribution in [0.3, 0.4) is 0 Å². The first kappa shape index (κ1) is 15.4. The topological polar surface area (TPSA) is 47.6 Å². The van der Waals surface area contributed by atoms with Crippen LogP contribution in [-0.2, 0) is 9.53 Å². The fraction of sp³-hybridized carbons (Fsp3) is 0.500. The molecule has 0 bridgehead atoms. The number of rotatable bonds is 7. The second kappa shape index (κ2) is 7.74. The van der Waals surface area contributed by atoms with Crippen molar-refractivity contribution in [3.8, 4) is 5.75 Å². The molecule has 0 amide bonds. The van der Waals surface area contributed by atoms with E-state index in [0.717, 1.165) is 0 Å². The van der Waals surface area contributed by atoms with Gasteiger partial charge in [0, 0.05) is 12.5 Å². The minimum Gasteiger partial charge on any atom is -0.490 e. The van der Waals surface area contributed by atoms with E-state index >= 15 is 0 Å². The number of hydrogen-bond acceptors (Lipinski definition) is 4. The fourth-order valence-corrected chi connectivity index (χ4v) is 1.66. The third-order valence-electron chi connectivity index (χ3n) is 2.52. The minimum atomic E-state index is -0.447. The molecule has 0 spiro atoms. The van der Waals surface area contributed by atoms with E-state index in [2.05, 4.69) is 5.32 Å². The second-order valence-corrected chi connectivity index (χ2v) is 4.46. The van der Waals surface area contributed by atoms with Crippen molar-refractivity contribution in [2.45, 2.75) is 32.4 Å². The predicted octanol–water partition coefficient (Wildman–Crippen LogP) is 2.13. The lowest BCUT2D eigenvalue weighted by atomic mass is 10.2. The molecule has 0 aliphatic heterocycles. The van der Waals surface area contributed by atoms with E-state index in [1.807, 2.05) is 13.8 Å². The van der Waals surface area contributed by atoms with Crippen molar-refractivity contribution in [2.75, 3.05) is 13.7 Å². The van der Waals surface area contributed by atoms with Gasteiger partial charge in [-0.05, 0) is 12.1 Å². The Bertz CT molecular complexity index is 409. The highest BCUT2D eigenvalue weighted by Gasteiger charge is 2.19. The van der Waals surface area contributed by atoms with Crippen LogP contribution < -0.4 is 10.1 Å². The zero-order valence-corrected chi connectivity index (χ0v) is 11.5. The monoisotopic (exact) mass is 269 g/mol. The van der Waals surface area contributed by atoms with Crippen LogP contribution in [0.4, 0.5) is 4.39 Å². The number of carbonyl (C=O) groups excluding carboxylic acids is 1. The zero-order valence-electron chi connectivity index (χ0n) is 11.5. The molecule has 0 fully saturated rings. The summed E-state index contributed by atoms with van der Waals surface area (Å²) >= 11 is 0. The molecule has 5 heteroatoms. The van der Waals surface area contributed by atoms with Crippen molar-refractivity contribution in [2.24, 2.45) is 0 Å². The first-order valence-electron chi connectivity index (χ1n) is 6.25. The summed E-state index contributed by atoms with van der Waals surface area (Å²) < 4.78 is 23.3. The molecule has 106 valence electrons. The van der Waals surface area contributed by atoms with Crippen LogP contribution in [0.2, 0.25) is 0 Å². The number of para-hydroxylation sites is 1. The number of methoxy groups -OCH3 is 1. The molecule has 1 aromatic carbocycles. The number of nitrogens with one attached hydrogen (secondary N) is 1. The van der Waals surface area contributed by atoms with Crippen LogP contribution in [0.5, 0.6) is 5.75 Å². The Morgan fingerprint density at radius 1 is 1.37 bits per heavy atom. The molecule has 1 N–H and O–H groups in total. The number of benzene rings is 1. The van der Waals surface area contributed by atoms with E-state index in [1.54, 1.807) is 18.2 Å². The highest BCUT2D eigenvalue weighted by atomic mass is 19.1. The summed E-state index contributed by atoms with van der Waals surface area (Å²) in [5.74, 6) is -0.560. The first-order valence-corrected chi connectivity index (χ1v) is 6.25. The van der Waals surface area contributed by atoms with Crippen LogP contribution in [0, 0.1) is 5.82 Å². The van der Waals surface area contributed by atoms with Crippen LogP contribution in [0.15, 0.2) is 24.3 Å². The van der Waals surface area contributed by atoms with E-state index in [0.29, 0.717) is 6.42 Å². The number of hydrogen-bond donors (Lipinski definition) is 1. The van der Waals surface area contributed by atoms with Gasteiger partial charge in [0.25, 0.3) is 0 Å². The largest absolute Gasteiger partial charge is 0.490 e. The predicted molar refractivity (Wildman–Crippen MR) is 70.6 cm³/mol. The van der Waals surface area contributed by atoms with Gasteiger partial charge in [0.05, 0.1) is 13.7 Å². The zero-order chi connectivity index (χ0) is 14.3. The Morgan fingerprint density at radius 3 is 2.63 bits per heavy atom. The molecule has 0 aliphatic carbocycles. The standard InChI is InChI=1S/C14H20FNO3/c1-10(2)16-12(14(17)18-3)8-9-19-13-7-5-4-6-11(13)15/h4-7,10,12,16H,8-9H2,1-3H3. The smallest absolute Gasteiger partial charge is 0.322 e. The van der Waals surface area contributed by atoms with Crippen molar-refractivity contribution in [3.05, 3.63) is 30.1 Å². The van der Waals surface area contributed by atoms with Crippen LogP contribution in [-0.4, -0.2) is 31.8 Å². The molecule has 0 saturated heterocycles. The Labute approximate surface area is 112 Å². The molecule has 0 aromatic heterocycles. The molecule has 1 aromatic rings. The van der Waals surface area contributed by atoms with Crippen molar-refractivity contribution in [1.29, 1.82) is 0 Å². The molecule has 0 saturated carbocycles. The van der Waals surface area contributed by atoms with Crippen molar-refractivity contribution >= 4 is 5.97 Å². The number of carbonyl (C=O) groups is 1. The van der Waals surface area contributed by atoms with Crippen molar-refractivity contribution in [3.63, 3.8) is 0 Å². The van der Waals surface area contributed by atoms with Gasteiger partial charge in [-0.2, -0.15) is 0 Å². The molecule has 4 nitrogen and oxygen atoms in total. The molecule has 0 aliphatic rings. The minimum absolute atomic E-state index is 0.151. The Balaban J connectivity index is 2.48. The van der Waals surface area contributed by atoms with Gasteiger partial charge in [-0.1, -0.05) is 26.0 Å². The lowest BCUT2D eigenvalue weighted by molar-refractivity contribution is -0.143. The molecule has 1 rings (SSSR count). The second-order valence-electron chi connectivity index (χ2n) is 4.46. The Kier molecular flexibility index (Phi) is 6.29. The summed E-state index contributed by atoms with van der Waals surface area (Å²) in [4.78, 5) is 11.5. The van der Waals surface area contributed by atoms with Gasteiger partial charge in [-0.25, -0.2) is 4.39 Å². The van der Waals surface area contributed by atoms with Gasteiger partial charge in [0.2, 0.25) is 0 Å². The van der Waals surface area contributed by atoms with Gasteiger partial charge in [0.15, 0.2) is 11.6 Å². The average molecular weight is 269 g/mol. The summed E-state index contributed by atoms with van der Waals surface area (Å²) in [6.45, 7) is 4.11. The number of ether oxygens (including phenoxy) is 2. The van der Waals surface area contributed by atoms with E-state index in [-0.39, 0.29) is 24.4 Å². The quantitative estimate of drug-likeness (QED) is 0.770.